The number of benzene rings is 8. The van der Waals surface area contributed by atoms with Gasteiger partial charge in [-0.15, -0.1) is 0 Å². The molecule has 3 nitrogen and oxygen atoms in total. The molecule has 0 bridgehead atoms. The number of hydrogen-bond donors (Lipinski definition) is 0. The maximum Gasteiger partial charge on any atom is 0.252 e. The third-order valence-corrected chi connectivity index (χ3v) is 17.7. The molecule has 0 N–H and O–H groups in total. The fourth-order valence-corrected chi connectivity index (χ4v) is 13.8. The second kappa shape index (κ2) is 16.4. The summed E-state index contributed by atoms with van der Waals surface area (Å²) in [7, 11) is 0. The van der Waals surface area contributed by atoms with Crippen molar-refractivity contribution in [2.24, 2.45) is 0 Å². The van der Waals surface area contributed by atoms with Gasteiger partial charge >= 0.3 is 0 Å². The Balaban J connectivity index is 1.27. The van der Waals surface area contributed by atoms with Crippen LogP contribution in [0.5, 0.6) is 0 Å². The van der Waals surface area contributed by atoms with Crippen LogP contribution < -0.4 is 31.1 Å². The smallest absolute Gasteiger partial charge is 0.252 e. The Bertz CT molecular complexity index is 3460. The Labute approximate surface area is 437 Å². The first-order chi connectivity index (χ1) is 34.6. The number of rotatable bonds is 6. The van der Waals surface area contributed by atoms with Gasteiger partial charge in [0.15, 0.2) is 0 Å². The largest absolute Gasteiger partial charge is 0.311 e. The molecule has 0 saturated carbocycles. The molecule has 0 fully saturated rings. The summed E-state index contributed by atoms with van der Waals surface area (Å²) < 4.78 is 0. The molecule has 2 aliphatic heterocycles. The minimum Gasteiger partial charge on any atom is -0.311 e. The molecule has 0 amide bonds. The first kappa shape index (κ1) is 47.2. The molecule has 0 atom stereocenters. The van der Waals surface area contributed by atoms with E-state index in [4.69, 9.17) is 0 Å². The van der Waals surface area contributed by atoms with Gasteiger partial charge < -0.3 is 14.7 Å². The SMILES string of the molecule is Cc1ccc(C(C)(C)C)cc1N1c2ccc(-c3ccccc3)cc2B2c3cc4c(cc3N(c3cc5c(cc3C)C(C)(C)CCC5(C)C)c3cc(N(c5ccccc5)c5ccccc5)cc1c32)C(C)(C)CC4(C)C. The number of para-hydroxylation sites is 2. The van der Waals surface area contributed by atoms with Crippen LogP contribution in [0.2, 0.25) is 0 Å². The molecular weight excluding hydrogens is 882 g/mol. The summed E-state index contributed by atoms with van der Waals surface area (Å²) in [5.41, 5.74) is 27.2. The zero-order chi connectivity index (χ0) is 51.1. The Morgan fingerprint density at radius 2 is 0.904 bits per heavy atom. The van der Waals surface area contributed by atoms with Crippen molar-refractivity contribution < 1.29 is 0 Å². The molecule has 4 aliphatic rings. The van der Waals surface area contributed by atoms with E-state index in [9.17, 15) is 0 Å². The van der Waals surface area contributed by atoms with Crippen LogP contribution in [-0.2, 0) is 27.1 Å². The van der Waals surface area contributed by atoms with E-state index in [-0.39, 0.29) is 33.8 Å². The van der Waals surface area contributed by atoms with Gasteiger partial charge in [-0.25, -0.2) is 0 Å². The molecule has 8 aromatic rings. The maximum absolute atomic E-state index is 2.74. The minimum absolute atomic E-state index is 0.00149. The third kappa shape index (κ3) is 7.52. The van der Waals surface area contributed by atoms with Crippen molar-refractivity contribution in [1.29, 1.82) is 0 Å². The van der Waals surface area contributed by atoms with E-state index in [1.807, 2.05) is 0 Å². The van der Waals surface area contributed by atoms with Crippen molar-refractivity contribution >= 4 is 74.3 Å². The molecule has 73 heavy (non-hydrogen) atoms. The Morgan fingerprint density at radius 3 is 1.49 bits per heavy atom. The lowest BCUT2D eigenvalue weighted by Gasteiger charge is -2.47. The Hall–Kier alpha value is -6.78. The average molecular weight is 954 g/mol. The normalized spacial score (nSPS) is 17.3. The van der Waals surface area contributed by atoms with E-state index >= 15 is 0 Å². The predicted octanol–water partition coefficient (Wildman–Crippen LogP) is 17.1. The zero-order valence-electron chi connectivity index (χ0n) is 45.6. The van der Waals surface area contributed by atoms with Crippen LogP contribution >= 0.6 is 0 Å². The summed E-state index contributed by atoms with van der Waals surface area (Å²) in [5, 5.41) is 0. The molecular formula is C69H72BN3. The highest BCUT2D eigenvalue weighted by molar-refractivity contribution is 7.00. The van der Waals surface area contributed by atoms with Crippen molar-refractivity contribution in [2.75, 3.05) is 14.7 Å². The van der Waals surface area contributed by atoms with E-state index in [1.54, 1.807) is 0 Å². The molecule has 2 heterocycles. The van der Waals surface area contributed by atoms with E-state index in [2.05, 4.69) is 269 Å². The van der Waals surface area contributed by atoms with Crippen molar-refractivity contribution in [3.63, 3.8) is 0 Å². The van der Waals surface area contributed by atoms with Gasteiger partial charge in [-0.2, -0.15) is 0 Å². The highest BCUT2D eigenvalue weighted by atomic mass is 15.2. The van der Waals surface area contributed by atoms with E-state index in [0.717, 1.165) is 29.9 Å². The summed E-state index contributed by atoms with van der Waals surface area (Å²) in [6.07, 6.45) is 3.43. The Kier molecular flexibility index (Phi) is 10.6. The second-order valence-corrected chi connectivity index (χ2v) is 25.8. The van der Waals surface area contributed by atoms with Crippen molar-refractivity contribution in [3.05, 3.63) is 203 Å². The highest BCUT2D eigenvalue weighted by Gasteiger charge is 2.49. The van der Waals surface area contributed by atoms with Crippen LogP contribution in [0.4, 0.5) is 51.2 Å². The van der Waals surface area contributed by atoms with Crippen molar-refractivity contribution in [2.45, 2.75) is 136 Å². The quantitative estimate of drug-likeness (QED) is 0.154. The van der Waals surface area contributed by atoms with Gasteiger partial charge in [0, 0.05) is 45.5 Å². The summed E-state index contributed by atoms with van der Waals surface area (Å²) in [5.74, 6) is 0. The molecule has 4 heteroatoms. The van der Waals surface area contributed by atoms with Gasteiger partial charge in [0.05, 0.1) is 5.69 Å². The molecule has 0 radical (unpaired) electrons. The van der Waals surface area contributed by atoms with Crippen LogP contribution in [0.15, 0.2) is 164 Å². The van der Waals surface area contributed by atoms with E-state index in [0.29, 0.717) is 0 Å². The van der Waals surface area contributed by atoms with E-state index < -0.39 is 0 Å². The molecule has 0 spiro atoms. The van der Waals surface area contributed by atoms with Gasteiger partial charge in [0.25, 0.3) is 6.71 Å². The van der Waals surface area contributed by atoms with Gasteiger partial charge in [0.1, 0.15) is 0 Å². The number of aryl methyl sites for hydroxylation is 2. The van der Waals surface area contributed by atoms with Crippen molar-refractivity contribution in [1.82, 2.24) is 0 Å². The summed E-state index contributed by atoms with van der Waals surface area (Å²) in [4.78, 5) is 7.86. The maximum atomic E-state index is 2.74. The van der Waals surface area contributed by atoms with Crippen molar-refractivity contribution in [3.8, 4) is 11.1 Å². The monoisotopic (exact) mass is 954 g/mol. The standard InChI is InChI=1S/C69H72BN3/c1-44-29-31-48(65(3,4)5)37-59(44)72-58-32-30-47(46-23-17-14-18-24-46)36-56(58)70-57-40-53-55(69(12,13)43-68(53,10)11)42-61(57)73(60-41-54-52(35-45(60)2)66(6,7)33-34-67(54,8)9)63-39-51(38-62(72)64(63)70)71(49-25-19-15-20-26-49)50-27-21-16-22-28-50/h14-32,35-42H,33-34,43H2,1-13H3. The van der Waals surface area contributed by atoms with Crippen LogP contribution in [0.1, 0.15) is 134 Å². The molecule has 8 aromatic carbocycles. The summed E-state index contributed by atoms with van der Waals surface area (Å²) in [6, 6.07) is 63.1. The lowest BCUT2D eigenvalue weighted by Crippen LogP contribution is -2.61. The Morgan fingerprint density at radius 1 is 0.411 bits per heavy atom. The summed E-state index contributed by atoms with van der Waals surface area (Å²) in [6.45, 7) is 31.4. The fourth-order valence-electron chi connectivity index (χ4n) is 13.8. The van der Waals surface area contributed by atoms with Crippen LogP contribution in [0.25, 0.3) is 11.1 Å². The second-order valence-electron chi connectivity index (χ2n) is 25.8. The van der Waals surface area contributed by atoms with Crippen LogP contribution in [-0.4, -0.2) is 6.71 Å². The first-order valence-electron chi connectivity index (χ1n) is 27.0. The van der Waals surface area contributed by atoms with Gasteiger partial charge in [-0.1, -0.05) is 179 Å². The number of fused-ring (bicyclic) bond motifs is 6. The fraction of sp³-hybridized carbons (Fsp3) is 0.304. The number of nitrogens with zero attached hydrogens (tertiary/aromatic N) is 3. The zero-order valence-corrected chi connectivity index (χ0v) is 45.6. The third-order valence-electron chi connectivity index (χ3n) is 17.7. The minimum atomic E-state index is -0.0531. The average Bonchev–Trinajstić information content (AvgIpc) is 3.54. The van der Waals surface area contributed by atoms with Crippen LogP contribution in [0.3, 0.4) is 0 Å². The molecule has 12 rings (SSSR count). The topological polar surface area (TPSA) is 9.72 Å². The van der Waals surface area contributed by atoms with Crippen LogP contribution in [0, 0.1) is 13.8 Å². The molecule has 2 aliphatic carbocycles. The lowest BCUT2D eigenvalue weighted by molar-refractivity contribution is 0.332. The van der Waals surface area contributed by atoms with Gasteiger partial charge in [-0.05, 0) is 187 Å². The number of anilines is 9. The van der Waals surface area contributed by atoms with Gasteiger partial charge in [-0.3, -0.25) is 0 Å². The number of hydrogen-bond acceptors (Lipinski definition) is 3. The summed E-state index contributed by atoms with van der Waals surface area (Å²) >= 11 is 0. The van der Waals surface area contributed by atoms with Gasteiger partial charge in [0.2, 0.25) is 0 Å². The molecule has 366 valence electrons. The molecule has 0 unspecified atom stereocenters. The predicted molar refractivity (Wildman–Crippen MR) is 315 cm³/mol. The van der Waals surface area contributed by atoms with E-state index in [1.165, 1.54) is 107 Å². The highest BCUT2D eigenvalue weighted by Crippen LogP contribution is 2.56. The molecule has 0 aromatic heterocycles. The lowest BCUT2D eigenvalue weighted by atomic mass is 9.33. The molecule has 0 saturated heterocycles. The first-order valence-corrected chi connectivity index (χ1v) is 27.0.